The number of benzene rings is 1. The van der Waals surface area contributed by atoms with Crippen LogP contribution < -0.4 is 11.1 Å². The van der Waals surface area contributed by atoms with E-state index in [0.29, 0.717) is 6.04 Å². The van der Waals surface area contributed by atoms with Gasteiger partial charge in [-0.2, -0.15) is 0 Å². The van der Waals surface area contributed by atoms with Gasteiger partial charge < -0.3 is 11.1 Å². The zero-order valence-electron chi connectivity index (χ0n) is 14.1. The van der Waals surface area contributed by atoms with E-state index in [2.05, 4.69) is 34.5 Å². The fraction of sp³-hybridized carbons (Fsp3) is 0.611. The number of hydrogen-bond acceptors (Lipinski definition) is 3. The number of likely N-dealkylation sites (tertiary alicyclic amines) is 1. The summed E-state index contributed by atoms with van der Waals surface area (Å²) >= 11 is 0. The van der Waals surface area contributed by atoms with Crippen LogP contribution in [0, 0.1) is 0 Å². The third-order valence-corrected chi connectivity index (χ3v) is 5.17. The Labute approximate surface area is 157 Å². The number of hydrogen-bond donors (Lipinski definition) is 2. The van der Waals surface area contributed by atoms with Gasteiger partial charge in [0.1, 0.15) is 0 Å². The Morgan fingerprint density at radius 3 is 2.50 bits per heavy atom. The number of nitrogens with one attached hydrogen (secondary N) is 1. The molecule has 1 aromatic carbocycles. The Morgan fingerprint density at radius 1 is 1.17 bits per heavy atom. The molecule has 1 unspecified atom stereocenters. The molecule has 1 aliphatic carbocycles. The molecular weight excluding hydrogens is 345 g/mol. The minimum atomic E-state index is -0.608. The van der Waals surface area contributed by atoms with Crippen LogP contribution in [0.1, 0.15) is 44.1 Å². The molecule has 0 bridgehead atoms. The van der Waals surface area contributed by atoms with Gasteiger partial charge in [-0.25, -0.2) is 0 Å². The highest BCUT2D eigenvalue weighted by Gasteiger charge is 2.37. The van der Waals surface area contributed by atoms with Crippen molar-refractivity contribution in [3.05, 3.63) is 35.9 Å². The minimum Gasteiger partial charge on any atom is -0.353 e. The SMILES string of the molecule is Cl.Cl.NC1(C(=O)NCC2CCCN2Cc2ccccc2)CCCC1. The number of nitrogens with two attached hydrogens (primary N) is 1. The smallest absolute Gasteiger partial charge is 0.240 e. The van der Waals surface area contributed by atoms with Crippen LogP contribution in [-0.2, 0) is 11.3 Å². The fourth-order valence-corrected chi connectivity index (χ4v) is 3.77. The maximum absolute atomic E-state index is 12.3. The number of carbonyl (C=O) groups is 1. The van der Waals surface area contributed by atoms with Gasteiger partial charge in [0.25, 0.3) is 0 Å². The third kappa shape index (κ3) is 5.09. The molecule has 6 heteroatoms. The van der Waals surface area contributed by atoms with Crippen LogP contribution in [0.4, 0.5) is 0 Å². The molecule has 24 heavy (non-hydrogen) atoms. The molecule has 2 fully saturated rings. The first-order valence-electron chi connectivity index (χ1n) is 8.52. The van der Waals surface area contributed by atoms with Crippen LogP contribution in [0.3, 0.4) is 0 Å². The first-order chi connectivity index (χ1) is 10.7. The van der Waals surface area contributed by atoms with Crippen molar-refractivity contribution in [2.24, 2.45) is 5.73 Å². The summed E-state index contributed by atoms with van der Waals surface area (Å²) in [5.41, 5.74) is 6.95. The monoisotopic (exact) mass is 373 g/mol. The third-order valence-electron chi connectivity index (χ3n) is 5.17. The Kier molecular flexibility index (Phi) is 8.51. The predicted octanol–water partition coefficient (Wildman–Crippen LogP) is 2.88. The number of rotatable bonds is 5. The second-order valence-corrected chi connectivity index (χ2v) is 6.83. The molecule has 4 nitrogen and oxygen atoms in total. The van der Waals surface area contributed by atoms with Crippen LogP contribution >= 0.6 is 24.8 Å². The van der Waals surface area contributed by atoms with E-state index in [1.54, 1.807) is 0 Å². The Bertz CT molecular complexity index is 506. The van der Waals surface area contributed by atoms with Crippen LogP contribution in [0.2, 0.25) is 0 Å². The summed E-state index contributed by atoms with van der Waals surface area (Å²) in [6.07, 6.45) is 6.18. The summed E-state index contributed by atoms with van der Waals surface area (Å²) in [5, 5.41) is 3.12. The maximum Gasteiger partial charge on any atom is 0.240 e. The number of carbonyl (C=O) groups excluding carboxylic acids is 1. The molecule has 1 aromatic rings. The summed E-state index contributed by atoms with van der Waals surface area (Å²) in [6, 6.07) is 11.0. The van der Waals surface area contributed by atoms with E-state index in [9.17, 15) is 4.79 Å². The molecule has 1 saturated heterocycles. The lowest BCUT2D eigenvalue weighted by Gasteiger charge is -2.27. The van der Waals surface area contributed by atoms with Gasteiger partial charge in [-0.05, 0) is 37.8 Å². The molecule has 0 radical (unpaired) electrons. The fourth-order valence-electron chi connectivity index (χ4n) is 3.77. The van der Waals surface area contributed by atoms with Crippen molar-refractivity contribution in [1.82, 2.24) is 10.2 Å². The van der Waals surface area contributed by atoms with Crippen LogP contribution in [0.5, 0.6) is 0 Å². The summed E-state index contributed by atoms with van der Waals surface area (Å²) in [6.45, 7) is 2.81. The molecule has 0 spiro atoms. The van der Waals surface area contributed by atoms with Crippen molar-refractivity contribution < 1.29 is 4.79 Å². The first-order valence-corrected chi connectivity index (χ1v) is 8.52. The van der Waals surface area contributed by atoms with E-state index in [4.69, 9.17) is 5.73 Å². The van der Waals surface area contributed by atoms with Crippen LogP contribution in [0.25, 0.3) is 0 Å². The zero-order valence-corrected chi connectivity index (χ0v) is 15.7. The first kappa shape index (κ1) is 21.2. The van der Waals surface area contributed by atoms with E-state index in [0.717, 1.165) is 51.7 Å². The quantitative estimate of drug-likeness (QED) is 0.833. The molecule has 1 atom stereocenters. The lowest BCUT2D eigenvalue weighted by molar-refractivity contribution is -0.126. The van der Waals surface area contributed by atoms with Gasteiger partial charge >= 0.3 is 0 Å². The zero-order chi connectivity index (χ0) is 15.4. The van der Waals surface area contributed by atoms with Crippen molar-refractivity contribution in [3.8, 4) is 0 Å². The molecule has 0 aromatic heterocycles. The summed E-state index contributed by atoms with van der Waals surface area (Å²) in [7, 11) is 0. The molecule has 3 N–H and O–H groups in total. The van der Waals surface area contributed by atoms with E-state index in [1.165, 1.54) is 12.0 Å². The molecular formula is C18H29Cl2N3O. The summed E-state index contributed by atoms with van der Waals surface area (Å²) < 4.78 is 0. The Balaban J connectivity index is 0.00000144. The molecule has 136 valence electrons. The lowest BCUT2D eigenvalue weighted by Crippen LogP contribution is -2.54. The van der Waals surface area contributed by atoms with Crippen molar-refractivity contribution in [1.29, 1.82) is 0 Å². The molecule has 3 rings (SSSR count). The van der Waals surface area contributed by atoms with E-state index >= 15 is 0 Å². The standard InChI is InChI=1S/C18H27N3O.2ClH/c19-18(10-4-5-11-18)17(22)20-13-16-9-6-12-21(16)14-15-7-2-1-3-8-15;;/h1-3,7-8,16H,4-6,9-14,19H2,(H,20,22);2*1H. The van der Waals surface area contributed by atoms with Crippen LogP contribution in [0.15, 0.2) is 30.3 Å². The van der Waals surface area contributed by atoms with Gasteiger partial charge in [0, 0.05) is 19.1 Å². The highest BCUT2D eigenvalue weighted by molar-refractivity contribution is 5.86. The van der Waals surface area contributed by atoms with Crippen molar-refractivity contribution in [2.75, 3.05) is 13.1 Å². The second-order valence-electron chi connectivity index (χ2n) is 6.83. The molecule has 1 saturated carbocycles. The van der Waals surface area contributed by atoms with Gasteiger partial charge in [0.2, 0.25) is 5.91 Å². The minimum absolute atomic E-state index is 0. The van der Waals surface area contributed by atoms with Gasteiger partial charge in [-0.1, -0.05) is 43.2 Å². The van der Waals surface area contributed by atoms with Gasteiger partial charge in [-0.3, -0.25) is 9.69 Å². The average Bonchev–Trinajstić information content (AvgIpc) is 3.16. The molecule has 1 heterocycles. The van der Waals surface area contributed by atoms with E-state index in [1.807, 2.05) is 6.07 Å². The van der Waals surface area contributed by atoms with E-state index in [-0.39, 0.29) is 30.7 Å². The molecule has 2 aliphatic rings. The lowest BCUT2D eigenvalue weighted by atomic mass is 9.98. The predicted molar refractivity (Wildman–Crippen MR) is 103 cm³/mol. The summed E-state index contributed by atoms with van der Waals surface area (Å²) in [5.74, 6) is 0.0524. The average molecular weight is 374 g/mol. The Hall–Kier alpha value is -0.810. The second kappa shape index (κ2) is 9.62. The largest absolute Gasteiger partial charge is 0.353 e. The normalized spacial score (nSPS) is 22.5. The van der Waals surface area contributed by atoms with Crippen molar-refractivity contribution in [2.45, 2.75) is 56.7 Å². The summed E-state index contributed by atoms with van der Waals surface area (Å²) in [4.78, 5) is 14.8. The van der Waals surface area contributed by atoms with Crippen molar-refractivity contribution in [3.63, 3.8) is 0 Å². The van der Waals surface area contributed by atoms with E-state index < -0.39 is 5.54 Å². The highest BCUT2D eigenvalue weighted by atomic mass is 35.5. The highest BCUT2D eigenvalue weighted by Crippen LogP contribution is 2.27. The molecule has 1 amide bonds. The van der Waals surface area contributed by atoms with Crippen LogP contribution in [-0.4, -0.2) is 35.5 Å². The Morgan fingerprint density at radius 2 is 1.83 bits per heavy atom. The number of nitrogens with zero attached hydrogens (tertiary/aromatic N) is 1. The maximum atomic E-state index is 12.3. The number of halogens is 2. The van der Waals surface area contributed by atoms with Gasteiger partial charge in [-0.15, -0.1) is 24.8 Å². The van der Waals surface area contributed by atoms with Crippen molar-refractivity contribution >= 4 is 30.7 Å². The number of amides is 1. The topological polar surface area (TPSA) is 58.4 Å². The molecule has 1 aliphatic heterocycles. The van der Waals surface area contributed by atoms with Gasteiger partial charge in [0.05, 0.1) is 5.54 Å². The van der Waals surface area contributed by atoms with Gasteiger partial charge in [0.15, 0.2) is 0 Å².